The summed E-state index contributed by atoms with van der Waals surface area (Å²) in [5.41, 5.74) is 5.07. The van der Waals surface area contributed by atoms with Crippen LogP contribution in [0.1, 0.15) is 136 Å². The number of carboxylic acid groups (broad SMARTS) is 1. The van der Waals surface area contributed by atoms with Gasteiger partial charge < -0.3 is 21.5 Å². The van der Waals surface area contributed by atoms with E-state index < -0.39 is 29.9 Å². The molecule has 0 saturated heterocycles. The lowest BCUT2D eigenvalue weighted by atomic mass is 10.0. The Kier molecular flexibility index (Phi) is 20.8. The number of primary amides is 1. The molecule has 8 nitrogen and oxygen atoms in total. The molecule has 0 aliphatic rings. The normalized spacial score (nSPS) is 12.8. The van der Waals surface area contributed by atoms with Crippen LogP contribution in [0.15, 0.2) is 0 Å². The van der Waals surface area contributed by atoms with Gasteiger partial charge in [-0.1, -0.05) is 111 Å². The number of carboxylic acids is 1. The molecule has 0 bridgehead atoms. The highest BCUT2D eigenvalue weighted by molar-refractivity contribution is 5.90. The number of nitrogens with two attached hydrogens (primary N) is 1. The fraction of sp³-hybridized carbons (Fsp3) is 0.857. The van der Waals surface area contributed by atoms with Crippen LogP contribution in [0.4, 0.5) is 0 Å². The summed E-state index contributed by atoms with van der Waals surface area (Å²) in [7, 11) is 0. The summed E-state index contributed by atoms with van der Waals surface area (Å²) < 4.78 is 0. The smallest absolute Gasteiger partial charge is 0.326 e. The van der Waals surface area contributed by atoms with Crippen LogP contribution < -0.4 is 16.4 Å². The summed E-state index contributed by atoms with van der Waals surface area (Å²) in [5.74, 6) is -2.85. The first-order chi connectivity index (χ1) is 17.2. The van der Waals surface area contributed by atoms with Crippen molar-refractivity contribution in [3.05, 3.63) is 0 Å². The summed E-state index contributed by atoms with van der Waals surface area (Å²) in [6.45, 7) is 5.83. The van der Waals surface area contributed by atoms with E-state index in [2.05, 4.69) is 17.6 Å². The number of hydrogen-bond acceptors (Lipinski definition) is 4. The van der Waals surface area contributed by atoms with E-state index in [9.17, 15) is 24.3 Å². The van der Waals surface area contributed by atoms with E-state index in [-0.39, 0.29) is 24.7 Å². The van der Waals surface area contributed by atoms with Crippen molar-refractivity contribution in [3.8, 4) is 0 Å². The van der Waals surface area contributed by atoms with Crippen molar-refractivity contribution in [1.29, 1.82) is 0 Å². The number of rotatable bonds is 24. The molecule has 0 fully saturated rings. The van der Waals surface area contributed by atoms with Gasteiger partial charge in [0.2, 0.25) is 17.7 Å². The number of aliphatic carboxylic acids is 1. The summed E-state index contributed by atoms with van der Waals surface area (Å²) in [5, 5.41) is 14.4. The molecular weight excluding hydrogens is 458 g/mol. The van der Waals surface area contributed by atoms with Gasteiger partial charge in [-0.15, -0.1) is 0 Å². The van der Waals surface area contributed by atoms with Gasteiger partial charge in [0.1, 0.15) is 12.1 Å². The first kappa shape index (κ1) is 33.9. The van der Waals surface area contributed by atoms with Gasteiger partial charge in [0.25, 0.3) is 0 Å². The summed E-state index contributed by atoms with van der Waals surface area (Å²) in [4.78, 5) is 47.3. The van der Waals surface area contributed by atoms with Gasteiger partial charge in [-0.2, -0.15) is 0 Å². The van der Waals surface area contributed by atoms with Crippen LogP contribution in [-0.2, 0) is 19.2 Å². The number of amides is 3. The fourth-order valence-electron chi connectivity index (χ4n) is 4.24. The van der Waals surface area contributed by atoms with E-state index in [1.54, 1.807) is 13.8 Å². The maximum absolute atomic E-state index is 12.6. The Morgan fingerprint density at radius 3 is 1.53 bits per heavy atom. The molecule has 0 aromatic carbocycles. The Hall–Kier alpha value is -2.12. The van der Waals surface area contributed by atoms with Crippen LogP contribution in [-0.4, -0.2) is 40.9 Å². The van der Waals surface area contributed by atoms with Crippen LogP contribution in [0.2, 0.25) is 0 Å². The molecule has 0 aromatic heterocycles. The third-order valence-electron chi connectivity index (χ3n) is 6.57. The Labute approximate surface area is 218 Å². The molecule has 0 heterocycles. The maximum Gasteiger partial charge on any atom is 0.326 e. The predicted molar refractivity (Wildman–Crippen MR) is 144 cm³/mol. The molecule has 5 N–H and O–H groups in total. The Balaban J connectivity index is 3.98. The first-order valence-corrected chi connectivity index (χ1v) is 14.3. The Morgan fingerprint density at radius 1 is 0.694 bits per heavy atom. The lowest BCUT2D eigenvalue weighted by Gasteiger charge is -2.24. The minimum Gasteiger partial charge on any atom is -0.480 e. The lowest BCUT2D eigenvalue weighted by Crippen LogP contribution is -2.53. The highest BCUT2D eigenvalue weighted by atomic mass is 16.4. The molecule has 0 aliphatic heterocycles. The molecule has 2 atom stereocenters. The lowest BCUT2D eigenvalue weighted by molar-refractivity contribution is -0.142. The second-order valence-corrected chi connectivity index (χ2v) is 10.4. The second-order valence-electron chi connectivity index (χ2n) is 10.4. The van der Waals surface area contributed by atoms with Crippen LogP contribution in [0.3, 0.4) is 0 Å². The summed E-state index contributed by atoms with van der Waals surface area (Å²) in [6, 6.07) is -2.05. The number of carbonyl (C=O) groups is 4. The number of hydrogen-bond donors (Lipinski definition) is 4. The summed E-state index contributed by atoms with van der Waals surface area (Å²) in [6.07, 6.45) is 19.0. The number of unbranched alkanes of at least 4 members (excludes halogenated alkanes) is 14. The molecule has 0 aliphatic carbocycles. The molecule has 0 rings (SSSR count). The van der Waals surface area contributed by atoms with Crippen LogP contribution in [0.25, 0.3) is 0 Å². The molecule has 0 unspecified atom stereocenters. The van der Waals surface area contributed by atoms with Crippen molar-refractivity contribution in [3.63, 3.8) is 0 Å². The van der Waals surface area contributed by atoms with Crippen LogP contribution in [0, 0.1) is 5.92 Å². The third-order valence-corrected chi connectivity index (χ3v) is 6.57. The van der Waals surface area contributed by atoms with Crippen molar-refractivity contribution in [2.75, 3.05) is 0 Å². The molecule has 0 saturated carbocycles. The molecule has 0 aromatic rings. The van der Waals surface area contributed by atoms with E-state index in [0.29, 0.717) is 6.42 Å². The van der Waals surface area contributed by atoms with Gasteiger partial charge in [0.05, 0.1) is 0 Å². The van der Waals surface area contributed by atoms with Crippen LogP contribution >= 0.6 is 0 Å². The largest absolute Gasteiger partial charge is 0.480 e. The number of nitrogens with one attached hydrogen (secondary N) is 2. The van der Waals surface area contributed by atoms with Gasteiger partial charge >= 0.3 is 5.97 Å². The fourth-order valence-corrected chi connectivity index (χ4v) is 4.24. The molecule has 0 radical (unpaired) electrons. The van der Waals surface area contributed by atoms with Crippen molar-refractivity contribution in [2.45, 2.75) is 148 Å². The third kappa shape index (κ3) is 19.1. The SMILES string of the molecule is CCCCCCCCCCCCCCCCCC(=O)N[C@H](C(=O)N[C@@H](CCC(N)=O)C(=O)O)C(C)C. The topological polar surface area (TPSA) is 139 Å². The predicted octanol–water partition coefficient (Wildman–Crippen LogP) is 5.22. The van der Waals surface area contributed by atoms with Gasteiger partial charge in [-0.25, -0.2) is 4.79 Å². The van der Waals surface area contributed by atoms with Gasteiger partial charge in [0, 0.05) is 12.8 Å². The molecule has 8 heteroatoms. The van der Waals surface area contributed by atoms with E-state index in [1.807, 2.05) is 0 Å². The first-order valence-electron chi connectivity index (χ1n) is 14.3. The van der Waals surface area contributed by atoms with Gasteiger partial charge in [-0.3, -0.25) is 14.4 Å². The van der Waals surface area contributed by atoms with Gasteiger partial charge in [0.15, 0.2) is 0 Å². The van der Waals surface area contributed by atoms with Crippen molar-refractivity contribution in [2.24, 2.45) is 11.7 Å². The Morgan fingerprint density at radius 2 is 1.14 bits per heavy atom. The van der Waals surface area contributed by atoms with Crippen LogP contribution in [0.5, 0.6) is 0 Å². The second kappa shape index (κ2) is 22.1. The van der Waals surface area contributed by atoms with Crippen molar-refractivity contribution in [1.82, 2.24) is 10.6 Å². The van der Waals surface area contributed by atoms with E-state index in [4.69, 9.17) is 5.73 Å². The number of carbonyl (C=O) groups excluding carboxylic acids is 3. The minimum atomic E-state index is -1.24. The van der Waals surface area contributed by atoms with Gasteiger partial charge in [-0.05, 0) is 18.8 Å². The van der Waals surface area contributed by atoms with E-state index in [1.165, 1.54) is 77.0 Å². The monoisotopic (exact) mass is 511 g/mol. The molecular formula is C28H53N3O5. The molecule has 0 spiro atoms. The average molecular weight is 512 g/mol. The maximum atomic E-state index is 12.6. The van der Waals surface area contributed by atoms with Crippen molar-refractivity contribution >= 4 is 23.7 Å². The molecule has 3 amide bonds. The Bertz CT molecular complexity index is 624. The minimum absolute atomic E-state index is 0.0890. The van der Waals surface area contributed by atoms with E-state index in [0.717, 1.165) is 19.3 Å². The highest BCUT2D eigenvalue weighted by Crippen LogP contribution is 2.14. The molecule has 210 valence electrons. The quantitative estimate of drug-likeness (QED) is 0.132. The van der Waals surface area contributed by atoms with E-state index >= 15 is 0 Å². The van der Waals surface area contributed by atoms with Crippen molar-refractivity contribution < 1.29 is 24.3 Å². The average Bonchev–Trinajstić information content (AvgIpc) is 2.81. The zero-order valence-electron chi connectivity index (χ0n) is 23.1. The summed E-state index contributed by atoms with van der Waals surface area (Å²) >= 11 is 0. The highest BCUT2D eigenvalue weighted by Gasteiger charge is 2.28. The standard InChI is InChI=1S/C28H53N3O5/c1-4-5-6-7-8-9-10-11-12-13-14-15-16-17-18-19-25(33)31-26(22(2)3)27(34)30-23(28(35)36)20-21-24(29)32/h22-23,26H,4-21H2,1-3H3,(H2,29,32)(H,30,34)(H,31,33)(H,35,36)/t23-,26-/m0/s1. The zero-order valence-corrected chi connectivity index (χ0v) is 23.1. The zero-order chi connectivity index (χ0) is 27.2. The molecule has 36 heavy (non-hydrogen) atoms.